The zero-order chi connectivity index (χ0) is 14.2. The second kappa shape index (κ2) is 5.65. The fraction of sp³-hybridized carbons (Fsp3) is 0.647. The molecule has 0 bridgehead atoms. The van der Waals surface area contributed by atoms with E-state index in [1.807, 2.05) is 6.07 Å². The van der Waals surface area contributed by atoms with Crippen molar-refractivity contribution in [3.8, 4) is 0 Å². The van der Waals surface area contributed by atoms with Crippen molar-refractivity contribution in [3.63, 3.8) is 0 Å². The highest BCUT2D eigenvalue weighted by molar-refractivity contribution is 6.30. The molecule has 1 aromatic rings. The molecule has 0 aliphatic heterocycles. The first-order valence-corrected chi connectivity index (χ1v) is 8.14. The molecule has 1 aromatic carbocycles. The molecule has 0 aromatic heterocycles. The first-order valence-electron chi connectivity index (χ1n) is 7.76. The minimum atomic E-state index is -0.107. The van der Waals surface area contributed by atoms with Crippen molar-refractivity contribution in [2.75, 3.05) is 13.1 Å². The van der Waals surface area contributed by atoms with Crippen LogP contribution in [0.4, 0.5) is 4.39 Å². The Morgan fingerprint density at radius 2 is 2.10 bits per heavy atom. The van der Waals surface area contributed by atoms with Crippen molar-refractivity contribution in [3.05, 3.63) is 34.6 Å². The predicted molar refractivity (Wildman–Crippen MR) is 81.5 cm³/mol. The van der Waals surface area contributed by atoms with Crippen molar-refractivity contribution in [1.82, 2.24) is 5.32 Å². The Kier molecular flexibility index (Phi) is 4.05. The molecule has 2 unspecified atom stereocenters. The molecule has 0 saturated heterocycles. The number of rotatable bonds is 6. The molecule has 3 heteroatoms. The van der Waals surface area contributed by atoms with Crippen molar-refractivity contribution < 1.29 is 4.39 Å². The van der Waals surface area contributed by atoms with E-state index in [0.29, 0.717) is 5.02 Å². The smallest absolute Gasteiger partial charge is 0.126 e. The summed E-state index contributed by atoms with van der Waals surface area (Å²) >= 11 is 6.03. The lowest BCUT2D eigenvalue weighted by Gasteiger charge is -2.32. The SMILES string of the molecule is CCCNCC1(Cc2cc(Cl)ccc2F)CC2CC2C1. The van der Waals surface area contributed by atoms with Gasteiger partial charge in [-0.1, -0.05) is 18.5 Å². The maximum atomic E-state index is 14.0. The van der Waals surface area contributed by atoms with E-state index in [1.165, 1.54) is 25.3 Å². The zero-order valence-electron chi connectivity index (χ0n) is 12.1. The summed E-state index contributed by atoms with van der Waals surface area (Å²) in [7, 11) is 0. The van der Waals surface area contributed by atoms with Crippen LogP contribution in [0.25, 0.3) is 0 Å². The van der Waals surface area contributed by atoms with Crippen LogP contribution < -0.4 is 5.32 Å². The van der Waals surface area contributed by atoms with Crippen molar-refractivity contribution >= 4 is 11.6 Å². The van der Waals surface area contributed by atoms with Crippen LogP contribution in [0, 0.1) is 23.1 Å². The summed E-state index contributed by atoms with van der Waals surface area (Å²) in [5.41, 5.74) is 1.03. The lowest BCUT2D eigenvalue weighted by molar-refractivity contribution is 0.246. The number of halogens is 2. The molecular weight excluding hydrogens is 273 g/mol. The van der Waals surface area contributed by atoms with Crippen LogP contribution in [-0.2, 0) is 6.42 Å². The van der Waals surface area contributed by atoms with Crippen LogP contribution in [0.15, 0.2) is 18.2 Å². The molecule has 2 aliphatic carbocycles. The number of benzene rings is 1. The van der Waals surface area contributed by atoms with Crippen LogP contribution in [0.2, 0.25) is 5.02 Å². The van der Waals surface area contributed by atoms with Crippen LogP contribution >= 0.6 is 11.6 Å². The molecule has 1 N–H and O–H groups in total. The highest BCUT2D eigenvalue weighted by atomic mass is 35.5. The molecule has 2 aliphatic rings. The third-order valence-corrected chi connectivity index (χ3v) is 5.19. The predicted octanol–water partition coefficient (Wildman–Crippen LogP) is 4.44. The largest absolute Gasteiger partial charge is 0.316 e. The molecule has 2 saturated carbocycles. The topological polar surface area (TPSA) is 12.0 Å². The molecule has 0 radical (unpaired) electrons. The van der Waals surface area contributed by atoms with E-state index in [2.05, 4.69) is 12.2 Å². The van der Waals surface area contributed by atoms with Gasteiger partial charge in [0.2, 0.25) is 0 Å². The van der Waals surface area contributed by atoms with E-state index in [4.69, 9.17) is 11.6 Å². The highest BCUT2D eigenvalue weighted by Crippen LogP contribution is 2.60. The Hall–Kier alpha value is -0.600. The van der Waals surface area contributed by atoms with Crippen LogP contribution in [0.3, 0.4) is 0 Å². The van der Waals surface area contributed by atoms with Gasteiger partial charge in [0, 0.05) is 11.6 Å². The third kappa shape index (κ3) is 3.01. The average molecular weight is 296 g/mol. The zero-order valence-corrected chi connectivity index (χ0v) is 12.8. The molecule has 1 nitrogen and oxygen atoms in total. The van der Waals surface area contributed by atoms with Crippen LogP contribution in [0.5, 0.6) is 0 Å². The van der Waals surface area contributed by atoms with Crippen molar-refractivity contribution in [2.45, 2.75) is 39.0 Å². The molecule has 2 atom stereocenters. The quantitative estimate of drug-likeness (QED) is 0.765. The minimum Gasteiger partial charge on any atom is -0.316 e. The Balaban J connectivity index is 1.74. The lowest BCUT2D eigenvalue weighted by Crippen LogP contribution is -2.35. The van der Waals surface area contributed by atoms with Gasteiger partial charge in [-0.15, -0.1) is 0 Å². The van der Waals surface area contributed by atoms with E-state index < -0.39 is 0 Å². The third-order valence-electron chi connectivity index (χ3n) is 4.96. The fourth-order valence-electron chi connectivity index (χ4n) is 3.97. The molecule has 2 fully saturated rings. The summed E-state index contributed by atoms with van der Waals surface area (Å²) in [6, 6.07) is 4.94. The van der Waals surface area contributed by atoms with E-state index in [0.717, 1.165) is 43.3 Å². The van der Waals surface area contributed by atoms with Crippen LogP contribution in [-0.4, -0.2) is 13.1 Å². The summed E-state index contributed by atoms with van der Waals surface area (Å²) in [5.74, 6) is 1.70. The number of hydrogen-bond acceptors (Lipinski definition) is 1. The van der Waals surface area contributed by atoms with Crippen molar-refractivity contribution in [1.29, 1.82) is 0 Å². The van der Waals surface area contributed by atoms with E-state index in [9.17, 15) is 4.39 Å². The lowest BCUT2D eigenvalue weighted by atomic mass is 9.77. The van der Waals surface area contributed by atoms with E-state index >= 15 is 0 Å². The standard InChI is InChI=1S/C17H23ClFN/c1-2-5-20-11-17(8-12-6-13(12)9-17)10-14-7-15(18)3-4-16(14)19/h3-4,7,12-13,20H,2,5-6,8-11H2,1H3. The molecular formula is C17H23ClFN. The van der Waals surface area contributed by atoms with Gasteiger partial charge in [0.05, 0.1) is 0 Å². The summed E-state index contributed by atoms with van der Waals surface area (Å²) in [6.45, 7) is 4.25. The Bertz CT molecular complexity index is 478. The first-order chi connectivity index (χ1) is 9.62. The maximum Gasteiger partial charge on any atom is 0.126 e. The second-order valence-corrected chi connectivity index (χ2v) is 7.19. The average Bonchev–Trinajstić information content (AvgIpc) is 3.03. The van der Waals surface area contributed by atoms with Gasteiger partial charge in [-0.2, -0.15) is 0 Å². The van der Waals surface area contributed by atoms with Crippen molar-refractivity contribution in [2.24, 2.45) is 17.3 Å². The summed E-state index contributed by atoms with van der Waals surface area (Å²) in [4.78, 5) is 0. The van der Waals surface area contributed by atoms with Gasteiger partial charge in [-0.3, -0.25) is 0 Å². The molecule has 3 rings (SSSR count). The summed E-state index contributed by atoms with van der Waals surface area (Å²) in [6.07, 6.45) is 5.87. The van der Waals surface area contributed by atoms with Crippen LogP contribution in [0.1, 0.15) is 38.2 Å². The van der Waals surface area contributed by atoms with Gasteiger partial charge in [0.25, 0.3) is 0 Å². The molecule has 0 heterocycles. The van der Waals surface area contributed by atoms with Gasteiger partial charge in [0.1, 0.15) is 5.82 Å². The second-order valence-electron chi connectivity index (χ2n) is 6.75. The summed E-state index contributed by atoms with van der Waals surface area (Å²) in [5, 5.41) is 4.20. The number of nitrogens with one attached hydrogen (secondary N) is 1. The fourth-order valence-corrected chi connectivity index (χ4v) is 4.17. The maximum absolute atomic E-state index is 14.0. The monoisotopic (exact) mass is 295 g/mol. The number of hydrogen-bond donors (Lipinski definition) is 1. The molecule has 0 amide bonds. The Morgan fingerprint density at radius 1 is 1.35 bits per heavy atom. The normalized spacial score (nSPS) is 31.4. The minimum absolute atomic E-state index is 0.107. The Labute approximate surface area is 125 Å². The molecule has 20 heavy (non-hydrogen) atoms. The number of fused-ring (bicyclic) bond motifs is 1. The van der Waals surface area contributed by atoms with Gasteiger partial charge in [-0.25, -0.2) is 4.39 Å². The van der Waals surface area contributed by atoms with Gasteiger partial charge < -0.3 is 5.32 Å². The van der Waals surface area contributed by atoms with E-state index in [1.54, 1.807) is 6.07 Å². The van der Waals surface area contributed by atoms with Gasteiger partial charge in [0.15, 0.2) is 0 Å². The van der Waals surface area contributed by atoms with Gasteiger partial charge in [-0.05, 0) is 79.7 Å². The highest BCUT2D eigenvalue weighted by Gasteiger charge is 2.53. The first kappa shape index (κ1) is 14.3. The van der Waals surface area contributed by atoms with Gasteiger partial charge >= 0.3 is 0 Å². The molecule has 110 valence electrons. The summed E-state index contributed by atoms with van der Waals surface area (Å²) < 4.78 is 14.0. The van der Waals surface area contributed by atoms with E-state index in [-0.39, 0.29) is 11.2 Å². The molecule has 0 spiro atoms. The Morgan fingerprint density at radius 3 is 2.80 bits per heavy atom.